The second-order valence-corrected chi connectivity index (χ2v) is 7.39. The van der Waals surface area contributed by atoms with Crippen LogP contribution in [0.4, 0.5) is 0 Å². The van der Waals surface area contributed by atoms with Crippen molar-refractivity contribution < 1.29 is 4.74 Å². The zero-order valence-corrected chi connectivity index (χ0v) is 16.4. The minimum absolute atomic E-state index is 0.542. The van der Waals surface area contributed by atoms with Crippen LogP contribution in [0.3, 0.4) is 0 Å². The Bertz CT molecular complexity index is 594. The molecule has 0 radical (unpaired) electrons. The molecular formula is C18H33N7O. The Kier molecular flexibility index (Phi) is 6.85. The number of likely N-dealkylation sites (tertiary alicyclic amines) is 2. The Balaban J connectivity index is 1.59. The largest absolute Gasteiger partial charge is 0.383 e. The molecule has 2 aliphatic heterocycles. The smallest absolute Gasteiger partial charge is 0.194 e. The number of hydrogen-bond acceptors (Lipinski definition) is 5. The molecule has 1 atom stereocenters. The van der Waals surface area contributed by atoms with Crippen LogP contribution >= 0.6 is 0 Å². The molecule has 1 unspecified atom stereocenters. The van der Waals surface area contributed by atoms with Crippen molar-refractivity contribution in [3.63, 3.8) is 0 Å². The van der Waals surface area contributed by atoms with Crippen molar-refractivity contribution in [1.29, 1.82) is 0 Å². The highest BCUT2D eigenvalue weighted by Crippen LogP contribution is 2.20. The molecule has 2 fully saturated rings. The molecule has 3 heterocycles. The van der Waals surface area contributed by atoms with Crippen molar-refractivity contribution in [3.8, 4) is 0 Å². The van der Waals surface area contributed by atoms with Gasteiger partial charge in [-0.1, -0.05) is 0 Å². The lowest BCUT2D eigenvalue weighted by Gasteiger charge is -2.23. The molecule has 146 valence electrons. The SMILES string of the molecule is COCCNC(=NCc1nnc(C)n1C)N1CCC(CN2CCCC2)C1. The minimum Gasteiger partial charge on any atom is -0.383 e. The average Bonchev–Trinajstić information content (AvgIpc) is 3.37. The quantitative estimate of drug-likeness (QED) is 0.435. The number of rotatable bonds is 7. The first-order valence-corrected chi connectivity index (χ1v) is 9.76. The Labute approximate surface area is 156 Å². The molecule has 0 bridgehead atoms. The summed E-state index contributed by atoms with van der Waals surface area (Å²) in [4.78, 5) is 9.83. The van der Waals surface area contributed by atoms with E-state index in [1.807, 2.05) is 18.5 Å². The van der Waals surface area contributed by atoms with Crippen molar-refractivity contribution in [2.24, 2.45) is 18.0 Å². The molecular weight excluding hydrogens is 330 g/mol. The standard InChI is InChI=1S/C18H33N7O/c1-15-21-22-17(23(15)2)12-20-18(19-7-11-26-3)25-10-6-16(14-25)13-24-8-4-5-9-24/h16H,4-14H2,1-3H3,(H,19,20). The number of hydrogen-bond donors (Lipinski definition) is 1. The molecule has 1 N–H and O–H groups in total. The number of aliphatic imine (C=N–C) groups is 1. The van der Waals surface area contributed by atoms with Crippen molar-refractivity contribution in [2.45, 2.75) is 32.7 Å². The van der Waals surface area contributed by atoms with E-state index in [0.29, 0.717) is 13.2 Å². The first kappa shape index (κ1) is 19.1. The Hall–Kier alpha value is -1.67. The molecule has 2 saturated heterocycles. The second-order valence-electron chi connectivity index (χ2n) is 7.39. The van der Waals surface area contributed by atoms with E-state index in [1.165, 1.54) is 38.9 Å². The van der Waals surface area contributed by atoms with Crippen LogP contribution in [0.15, 0.2) is 4.99 Å². The van der Waals surface area contributed by atoms with E-state index in [-0.39, 0.29) is 0 Å². The Morgan fingerprint density at radius 2 is 2.08 bits per heavy atom. The van der Waals surface area contributed by atoms with Crippen LogP contribution in [0.5, 0.6) is 0 Å². The third kappa shape index (κ3) is 4.94. The predicted octanol–water partition coefficient (Wildman–Crippen LogP) is 0.633. The van der Waals surface area contributed by atoms with E-state index in [9.17, 15) is 0 Å². The van der Waals surface area contributed by atoms with Crippen molar-refractivity contribution in [2.75, 3.05) is 53.0 Å². The number of ether oxygens (including phenoxy) is 1. The van der Waals surface area contributed by atoms with E-state index in [2.05, 4.69) is 25.3 Å². The zero-order valence-electron chi connectivity index (χ0n) is 16.4. The van der Waals surface area contributed by atoms with Gasteiger partial charge in [0.25, 0.3) is 0 Å². The van der Waals surface area contributed by atoms with Gasteiger partial charge in [0.2, 0.25) is 0 Å². The van der Waals surface area contributed by atoms with Crippen molar-refractivity contribution in [1.82, 2.24) is 29.9 Å². The maximum absolute atomic E-state index is 5.18. The van der Waals surface area contributed by atoms with Crippen LogP contribution in [0, 0.1) is 12.8 Å². The molecule has 1 aromatic heterocycles. The summed E-state index contributed by atoms with van der Waals surface area (Å²) >= 11 is 0. The van der Waals surface area contributed by atoms with Gasteiger partial charge in [-0.3, -0.25) is 0 Å². The van der Waals surface area contributed by atoms with Gasteiger partial charge in [0.05, 0.1) is 6.61 Å². The fraction of sp³-hybridized carbons (Fsp3) is 0.833. The molecule has 0 aliphatic carbocycles. The fourth-order valence-electron chi connectivity index (χ4n) is 3.77. The highest BCUT2D eigenvalue weighted by molar-refractivity contribution is 5.80. The third-order valence-electron chi connectivity index (χ3n) is 5.44. The molecule has 1 aromatic rings. The van der Waals surface area contributed by atoms with Gasteiger partial charge in [0.15, 0.2) is 11.8 Å². The van der Waals surface area contributed by atoms with Gasteiger partial charge in [-0.05, 0) is 45.2 Å². The van der Waals surface area contributed by atoms with Gasteiger partial charge in [0.1, 0.15) is 12.4 Å². The topological polar surface area (TPSA) is 70.8 Å². The van der Waals surface area contributed by atoms with Crippen molar-refractivity contribution in [3.05, 3.63) is 11.6 Å². The lowest BCUT2D eigenvalue weighted by atomic mass is 10.1. The van der Waals surface area contributed by atoms with Gasteiger partial charge in [-0.25, -0.2) is 4.99 Å². The molecule has 0 amide bonds. The molecule has 0 spiro atoms. The van der Waals surface area contributed by atoms with Crippen LogP contribution in [0.2, 0.25) is 0 Å². The van der Waals surface area contributed by atoms with E-state index < -0.39 is 0 Å². The third-order valence-corrected chi connectivity index (χ3v) is 5.44. The summed E-state index contributed by atoms with van der Waals surface area (Å²) in [6.07, 6.45) is 3.96. The number of nitrogens with one attached hydrogen (secondary N) is 1. The Morgan fingerprint density at radius 3 is 2.77 bits per heavy atom. The number of nitrogens with zero attached hydrogens (tertiary/aromatic N) is 6. The molecule has 26 heavy (non-hydrogen) atoms. The molecule has 2 aliphatic rings. The normalized spacial score (nSPS) is 21.7. The Morgan fingerprint density at radius 1 is 1.27 bits per heavy atom. The van der Waals surface area contributed by atoms with Crippen LogP contribution in [0.25, 0.3) is 0 Å². The van der Waals surface area contributed by atoms with E-state index in [1.54, 1.807) is 7.11 Å². The van der Waals surface area contributed by atoms with E-state index >= 15 is 0 Å². The van der Waals surface area contributed by atoms with Crippen LogP contribution in [0.1, 0.15) is 30.9 Å². The number of aromatic nitrogens is 3. The van der Waals surface area contributed by atoms with Gasteiger partial charge >= 0.3 is 0 Å². The van der Waals surface area contributed by atoms with E-state index in [4.69, 9.17) is 9.73 Å². The summed E-state index contributed by atoms with van der Waals surface area (Å²) in [6, 6.07) is 0. The summed E-state index contributed by atoms with van der Waals surface area (Å²) in [5.41, 5.74) is 0. The van der Waals surface area contributed by atoms with E-state index in [0.717, 1.165) is 43.2 Å². The molecule has 0 saturated carbocycles. The van der Waals surface area contributed by atoms with Crippen LogP contribution in [-0.2, 0) is 18.3 Å². The molecule has 8 nitrogen and oxygen atoms in total. The lowest BCUT2D eigenvalue weighted by molar-refractivity contribution is 0.202. The van der Waals surface area contributed by atoms with Gasteiger partial charge in [0, 0.05) is 40.3 Å². The number of guanidine groups is 1. The molecule has 3 rings (SSSR count). The summed E-state index contributed by atoms with van der Waals surface area (Å²) < 4.78 is 7.18. The first-order valence-electron chi connectivity index (χ1n) is 9.76. The molecule has 8 heteroatoms. The van der Waals surface area contributed by atoms with Crippen LogP contribution in [-0.4, -0.2) is 83.5 Å². The van der Waals surface area contributed by atoms with Gasteiger partial charge < -0.3 is 24.4 Å². The summed E-state index contributed by atoms with van der Waals surface area (Å²) in [5, 5.41) is 11.8. The maximum Gasteiger partial charge on any atom is 0.194 e. The maximum atomic E-state index is 5.18. The van der Waals surface area contributed by atoms with Crippen molar-refractivity contribution >= 4 is 5.96 Å². The average molecular weight is 364 g/mol. The van der Waals surface area contributed by atoms with Gasteiger partial charge in [-0.15, -0.1) is 10.2 Å². The number of methoxy groups -OCH3 is 1. The zero-order chi connectivity index (χ0) is 18.4. The highest BCUT2D eigenvalue weighted by atomic mass is 16.5. The minimum atomic E-state index is 0.542. The van der Waals surface area contributed by atoms with Crippen LogP contribution < -0.4 is 5.32 Å². The molecule has 0 aromatic carbocycles. The predicted molar refractivity (Wildman–Crippen MR) is 102 cm³/mol. The lowest BCUT2D eigenvalue weighted by Crippen LogP contribution is -2.42. The fourth-order valence-corrected chi connectivity index (χ4v) is 3.77. The monoisotopic (exact) mass is 363 g/mol. The highest BCUT2D eigenvalue weighted by Gasteiger charge is 2.27. The summed E-state index contributed by atoms with van der Waals surface area (Å²) in [6.45, 7) is 9.85. The number of aryl methyl sites for hydroxylation is 1. The summed E-state index contributed by atoms with van der Waals surface area (Å²) in [5.74, 6) is 3.50. The second kappa shape index (κ2) is 9.32. The van der Waals surface area contributed by atoms with Gasteiger partial charge in [-0.2, -0.15) is 0 Å². The first-order chi connectivity index (χ1) is 12.7. The summed E-state index contributed by atoms with van der Waals surface area (Å²) in [7, 11) is 3.71.